The number of nitrogens with zero attached hydrogens (tertiary/aromatic N) is 6. The van der Waals surface area contributed by atoms with Crippen LogP contribution in [0.3, 0.4) is 0 Å². The molecule has 3 atom stereocenters. The molecule has 2 aromatic heterocycles. The highest BCUT2D eigenvalue weighted by Crippen LogP contribution is 2.20. The first kappa shape index (κ1) is 101. The molecule has 40 heteroatoms. The first-order valence-electron chi connectivity index (χ1n) is 36.2. The third-order valence-corrected chi connectivity index (χ3v) is 19.0. The van der Waals surface area contributed by atoms with Crippen LogP contribution in [0.5, 0.6) is 17.2 Å². The van der Waals surface area contributed by atoms with Crippen LogP contribution >= 0.6 is 125 Å². The van der Waals surface area contributed by atoms with Crippen molar-refractivity contribution in [3.8, 4) is 17.2 Å². The van der Waals surface area contributed by atoms with Gasteiger partial charge in [0.05, 0.1) is 109 Å². The van der Waals surface area contributed by atoms with Crippen LogP contribution in [-0.4, -0.2) is 202 Å². The molecule has 5 rings (SSSR count). The largest absolute Gasteiger partial charge is 0.494 e. The molecule has 0 N–H and O–H groups in total. The van der Waals surface area contributed by atoms with Crippen LogP contribution in [0, 0.1) is 0 Å². The Bertz CT molecular complexity index is 3800. The minimum Gasteiger partial charge on any atom is -0.494 e. The summed E-state index contributed by atoms with van der Waals surface area (Å²) in [5, 5.41) is -0.706. The van der Waals surface area contributed by atoms with E-state index in [0.29, 0.717) is 36.5 Å². The maximum atomic E-state index is 12.9. The summed E-state index contributed by atoms with van der Waals surface area (Å²) in [4.78, 5) is 172. The Morgan fingerprint density at radius 1 is 0.327 bits per heavy atom. The van der Waals surface area contributed by atoms with Crippen molar-refractivity contribution in [1.29, 1.82) is 0 Å². The number of hydrogen-bond acceptors (Lipinski definition) is 34. The summed E-state index contributed by atoms with van der Waals surface area (Å²) in [6, 6.07) is 21.2. The number of esters is 8. The number of carbonyl (C=O) groups excluding carboxylic acids is 8. The van der Waals surface area contributed by atoms with Gasteiger partial charge in [-0.1, -0.05) is 32.9 Å². The minimum atomic E-state index is -0.959. The highest BCUT2D eigenvalue weighted by Gasteiger charge is 2.21. The van der Waals surface area contributed by atoms with Crippen LogP contribution in [0.15, 0.2) is 102 Å². The molecule has 0 spiro atoms. The molecule has 2 heterocycles. The van der Waals surface area contributed by atoms with Gasteiger partial charge in [0, 0.05) is 39.4 Å². The zero-order valence-electron chi connectivity index (χ0n) is 63.3. The quantitative estimate of drug-likeness (QED) is 0.00665. The SMILES string of the molecule is CC(S)CC(=O)OCCn1c(=O)n(CCOC(=O)CC(C)S)c(=O)n(CCOC(=O)CC(C)S)c1=O.O=C(CCS)OCCn1c(=O)n(CCOC(=O)CCS)c(=O)n(CCOC(=O)CCS)c1=O.O=C(OCCc1ccc(OC(=O)c2ccc(OCCCSCCCS)cc2)cc1)c1ccc(OCCCSCCCS)cc1. The summed E-state index contributed by atoms with van der Waals surface area (Å²) >= 11 is 36.3. The molecular weight excluding hydrogens is 1670 g/mol. The van der Waals surface area contributed by atoms with E-state index in [1.54, 1.807) is 81.4 Å². The molecule has 0 amide bonds. The highest BCUT2D eigenvalue weighted by molar-refractivity contribution is 7.99. The summed E-state index contributed by atoms with van der Waals surface area (Å²) in [6.45, 7) is 3.02. The highest BCUT2D eigenvalue weighted by atomic mass is 32.2. The summed E-state index contributed by atoms with van der Waals surface area (Å²) in [5.41, 5.74) is -3.85. The van der Waals surface area contributed by atoms with Crippen molar-refractivity contribution in [2.45, 2.75) is 146 Å². The smallest absolute Gasteiger partial charge is 0.343 e. The first-order valence-corrected chi connectivity index (χ1v) is 43.2. The number of hydrogen-bond donors (Lipinski definition) is 8. The van der Waals surface area contributed by atoms with Crippen molar-refractivity contribution >= 4 is 172 Å². The number of thiol groups is 8. The maximum absolute atomic E-state index is 12.9. The molecule has 0 aliphatic rings. The number of benzene rings is 3. The van der Waals surface area contributed by atoms with Gasteiger partial charge in [-0.05, 0) is 126 Å². The van der Waals surface area contributed by atoms with Gasteiger partial charge >= 0.3 is 81.9 Å². The zero-order valence-corrected chi connectivity index (χ0v) is 72.1. The van der Waals surface area contributed by atoms with E-state index in [9.17, 15) is 67.1 Å². The van der Waals surface area contributed by atoms with Crippen molar-refractivity contribution in [3.05, 3.63) is 152 Å². The summed E-state index contributed by atoms with van der Waals surface area (Å²) in [6.07, 6.45) is 5.01. The van der Waals surface area contributed by atoms with Gasteiger partial charge in [-0.15, -0.1) is 0 Å². The van der Waals surface area contributed by atoms with E-state index in [4.69, 9.17) is 47.4 Å². The predicted octanol–water partition coefficient (Wildman–Crippen LogP) is 6.64. The van der Waals surface area contributed by atoms with Crippen molar-refractivity contribution in [2.75, 3.05) is 111 Å². The lowest BCUT2D eigenvalue weighted by Crippen LogP contribution is -2.55. The molecule has 0 bridgehead atoms. The molecule has 113 heavy (non-hydrogen) atoms. The van der Waals surface area contributed by atoms with Gasteiger partial charge in [0.2, 0.25) is 0 Å². The molecule has 3 unspecified atom stereocenters. The van der Waals surface area contributed by atoms with E-state index in [1.165, 1.54) is 0 Å². The fourth-order valence-electron chi connectivity index (χ4n) is 9.26. The maximum Gasteiger partial charge on any atom is 0.343 e. The van der Waals surface area contributed by atoms with Gasteiger partial charge in [0.1, 0.15) is 56.9 Å². The second-order valence-corrected chi connectivity index (χ2v) is 31.6. The molecule has 30 nitrogen and oxygen atoms in total. The lowest BCUT2D eigenvalue weighted by Gasteiger charge is -2.15. The lowest BCUT2D eigenvalue weighted by atomic mass is 10.1. The van der Waals surface area contributed by atoms with E-state index in [0.717, 1.165) is 105 Å². The standard InChI is InChI=1S/C34H42O6S4.C21H33N3O9S3.C18H27N3O9S3/c35-33(28-7-13-30(14-8-28)37-18-1-23-43-25-3-21-41)39-20-17-27-5-11-32(12-6-27)40-34(36)29-9-15-31(16-10-29)38-19-2-24-44-26-4-22-42;1-13(34)10-16(25)31-7-4-22-19(28)23(5-8-32-17(26)11-14(2)35)21(30)24(20(22)29)6-9-33-18(27)12-15(3)36;22-13(1-10-31)28-7-4-19-16(25)20(5-8-29-14(23)2-11-32)18(27)21(17(19)26)6-9-30-15(24)3-12-33/h5-16,41-42H,1-4,17-26H2;13-15,34-36H,4-12H2,1-3H3;31-33H,1-12H2. The normalized spacial score (nSPS) is 11.6. The Labute approximate surface area is 707 Å². The van der Waals surface area contributed by atoms with Gasteiger partial charge in [0.15, 0.2) is 0 Å². The molecule has 0 aliphatic heterocycles. The number of carbonyl (C=O) groups is 8. The molecule has 0 saturated heterocycles. The van der Waals surface area contributed by atoms with Crippen molar-refractivity contribution in [3.63, 3.8) is 0 Å². The van der Waals surface area contributed by atoms with Crippen LogP contribution < -0.4 is 48.3 Å². The van der Waals surface area contributed by atoms with Gasteiger partial charge in [-0.2, -0.15) is 125 Å². The predicted molar refractivity (Wildman–Crippen MR) is 459 cm³/mol. The Morgan fingerprint density at radius 2 is 0.602 bits per heavy atom. The minimum absolute atomic E-state index is 0.0360. The van der Waals surface area contributed by atoms with Crippen LogP contribution in [0.25, 0.3) is 0 Å². The molecule has 5 aromatic rings. The van der Waals surface area contributed by atoms with Crippen LogP contribution in [-0.2, 0) is 108 Å². The van der Waals surface area contributed by atoms with Crippen LogP contribution in [0.2, 0.25) is 0 Å². The van der Waals surface area contributed by atoms with Gasteiger partial charge < -0.3 is 47.4 Å². The van der Waals surface area contributed by atoms with E-state index in [-0.39, 0.29) is 163 Å². The monoisotopic (exact) mass is 1770 g/mol. The molecule has 0 radical (unpaired) electrons. The Kier molecular flexibility index (Phi) is 52.5. The fourth-order valence-corrected chi connectivity index (χ4v) is 12.7. The molecule has 628 valence electrons. The van der Waals surface area contributed by atoms with E-state index >= 15 is 0 Å². The zero-order chi connectivity index (χ0) is 83.5. The topological polar surface area (TPSA) is 361 Å². The Morgan fingerprint density at radius 3 is 0.885 bits per heavy atom. The first-order chi connectivity index (χ1) is 54.2. The number of aromatic nitrogens is 6. The van der Waals surface area contributed by atoms with Gasteiger partial charge in [-0.25, -0.2) is 65.8 Å². The van der Waals surface area contributed by atoms with Crippen molar-refractivity contribution in [2.24, 2.45) is 0 Å². The average Bonchev–Trinajstić information content (AvgIpc) is 0.790. The van der Waals surface area contributed by atoms with Crippen LogP contribution in [0.1, 0.15) is 111 Å². The summed E-state index contributed by atoms with van der Waals surface area (Å²) in [7, 11) is 0. The summed E-state index contributed by atoms with van der Waals surface area (Å²) in [5.74, 6) is 4.80. The van der Waals surface area contributed by atoms with Crippen molar-refractivity contribution in [1.82, 2.24) is 27.4 Å². The molecule has 0 fully saturated rings. The van der Waals surface area contributed by atoms with E-state index in [1.807, 2.05) is 35.7 Å². The number of rotatable bonds is 52. The number of thioether (sulfide) groups is 2. The molecule has 0 aliphatic carbocycles. The summed E-state index contributed by atoms with van der Waals surface area (Å²) < 4.78 is 56.8. The Hall–Kier alpha value is -6.66. The third-order valence-electron chi connectivity index (χ3n) is 14.8. The molecule has 3 aromatic carbocycles. The second kappa shape index (κ2) is 59.1. The lowest BCUT2D eigenvalue weighted by molar-refractivity contribution is -0.144. The fraction of sp³-hybridized carbons (Fsp3) is 0.562. The Balaban J connectivity index is 0.000000445. The van der Waals surface area contributed by atoms with Gasteiger partial charge in [-0.3, -0.25) is 28.8 Å². The number of ether oxygens (including phenoxy) is 10. The van der Waals surface area contributed by atoms with Gasteiger partial charge in [0.25, 0.3) is 0 Å². The average molecular weight is 1770 g/mol. The third kappa shape index (κ3) is 41.7. The van der Waals surface area contributed by atoms with E-state index in [2.05, 4.69) is 101 Å². The van der Waals surface area contributed by atoms with Crippen LogP contribution in [0.4, 0.5) is 0 Å². The molecule has 0 saturated carbocycles. The van der Waals surface area contributed by atoms with Crippen molar-refractivity contribution < 1.29 is 85.7 Å². The second-order valence-electron chi connectivity index (χ2n) is 24.3. The van der Waals surface area contributed by atoms with E-state index < -0.39 is 75.9 Å². The molecular formula is C73H102N6O24S10.